The van der Waals surface area contributed by atoms with E-state index in [-0.39, 0.29) is 5.57 Å². The molecule has 0 rings (SSSR count). The van der Waals surface area contributed by atoms with Gasteiger partial charge in [0.15, 0.2) is 0 Å². The molecule has 0 fully saturated rings. The van der Waals surface area contributed by atoms with Gasteiger partial charge in [-0.3, -0.25) is 4.79 Å². The Morgan fingerprint density at radius 3 is 2.09 bits per heavy atom. The molecule has 3 heteroatoms. The zero-order valence-corrected chi connectivity index (χ0v) is 6.46. The van der Waals surface area contributed by atoms with E-state index in [0.717, 1.165) is 11.6 Å². The van der Waals surface area contributed by atoms with Crippen molar-refractivity contribution in [1.29, 1.82) is 0 Å². The van der Waals surface area contributed by atoms with Crippen LogP contribution < -0.4 is 5.11 Å². The third-order valence-electron chi connectivity index (χ3n) is 0.876. The molecule has 0 aliphatic heterocycles. The van der Waals surface area contributed by atoms with Gasteiger partial charge in [0.1, 0.15) is 6.29 Å². The lowest BCUT2D eigenvalue weighted by Crippen LogP contribution is -2.19. The predicted octanol–water partition coefficient (Wildman–Crippen LogP) is -0.172. The van der Waals surface area contributed by atoms with Gasteiger partial charge >= 0.3 is 0 Å². The lowest BCUT2D eigenvalue weighted by Gasteiger charge is -1.94. The van der Waals surface area contributed by atoms with Gasteiger partial charge in [-0.25, -0.2) is 0 Å². The third-order valence-corrected chi connectivity index (χ3v) is 0.876. The Labute approximate surface area is 65.0 Å². The Kier molecular flexibility index (Phi) is 3.88. The van der Waals surface area contributed by atoms with Crippen molar-refractivity contribution < 1.29 is 14.7 Å². The molecule has 3 nitrogen and oxygen atoms in total. The standard InChI is InChI=1S/C8H10O3/c1-6(2)3-7(5-9)4-8(10)11/h3-5H,1-2H3,(H,10,11)/p-1/b7-4-. The summed E-state index contributed by atoms with van der Waals surface area (Å²) >= 11 is 0. The first-order valence-corrected chi connectivity index (χ1v) is 3.09. The highest BCUT2D eigenvalue weighted by Gasteiger charge is 1.88. The monoisotopic (exact) mass is 153 g/mol. The second kappa shape index (κ2) is 4.44. The van der Waals surface area contributed by atoms with Crippen LogP contribution in [0.5, 0.6) is 0 Å². The maximum absolute atomic E-state index is 10.2. The molecule has 0 bridgehead atoms. The first kappa shape index (κ1) is 9.62. The molecule has 0 unspecified atom stereocenters. The van der Waals surface area contributed by atoms with E-state index in [4.69, 9.17) is 0 Å². The molecule has 0 N–H and O–H groups in total. The normalized spacial score (nSPS) is 10.5. The van der Waals surface area contributed by atoms with Gasteiger partial charge in [0.05, 0.1) is 5.97 Å². The van der Waals surface area contributed by atoms with Crippen molar-refractivity contribution in [3.05, 3.63) is 23.3 Å². The van der Waals surface area contributed by atoms with Gasteiger partial charge in [-0.2, -0.15) is 0 Å². The summed E-state index contributed by atoms with van der Waals surface area (Å²) in [6.45, 7) is 3.54. The van der Waals surface area contributed by atoms with E-state index < -0.39 is 5.97 Å². The topological polar surface area (TPSA) is 57.2 Å². The zero-order chi connectivity index (χ0) is 8.85. The molecule has 0 radical (unpaired) electrons. The van der Waals surface area contributed by atoms with Crippen molar-refractivity contribution in [3.8, 4) is 0 Å². The molecule has 60 valence electrons. The molecule has 0 aromatic carbocycles. The Bertz CT molecular complexity index is 219. The number of aldehydes is 1. The molecular weight excluding hydrogens is 144 g/mol. The zero-order valence-electron chi connectivity index (χ0n) is 6.46. The van der Waals surface area contributed by atoms with E-state index in [1.54, 1.807) is 13.8 Å². The Morgan fingerprint density at radius 2 is 1.82 bits per heavy atom. The summed E-state index contributed by atoms with van der Waals surface area (Å²) in [5, 5.41) is 9.97. The maximum atomic E-state index is 10.2. The average molecular weight is 153 g/mol. The number of rotatable bonds is 3. The van der Waals surface area contributed by atoms with Crippen molar-refractivity contribution in [2.45, 2.75) is 13.8 Å². The minimum atomic E-state index is -1.36. The highest BCUT2D eigenvalue weighted by atomic mass is 16.4. The average Bonchev–Trinajstić information content (AvgIpc) is 1.84. The van der Waals surface area contributed by atoms with Crippen molar-refractivity contribution in [2.75, 3.05) is 0 Å². The summed E-state index contributed by atoms with van der Waals surface area (Å²) in [5.41, 5.74) is 0.981. The molecule has 0 saturated carbocycles. The predicted molar refractivity (Wildman–Crippen MR) is 38.6 cm³/mol. The lowest BCUT2D eigenvalue weighted by atomic mass is 10.2. The van der Waals surface area contributed by atoms with Crippen LogP contribution in [0.3, 0.4) is 0 Å². The highest BCUT2D eigenvalue weighted by molar-refractivity contribution is 5.89. The Hall–Kier alpha value is -1.38. The number of carboxylic acids is 1. The second-order valence-electron chi connectivity index (χ2n) is 2.30. The molecule has 0 aromatic rings. The van der Waals surface area contributed by atoms with Crippen molar-refractivity contribution in [2.24, 2.45) is 0 Å². The second-order valence-corrected chi connectivity index (χ2v) is 2.30. The van der Waals surface area contributed by atoms with Gasteiger partial charge in [-0.05, 0) is 19.9 Å². The molecule has 11 heavy (non-hydrogen) atoms. The molecule has 0 amide bonds. The Morgan fingerprint density at radius 1 is 1.27 bits per heavy atom. The fraction of sp³-hybridized carbons (Fsp3) is 0.250. The van der Waals surface area contributed by atoms with E-state index in [1.165, 1.54) is 6.08 Å². The largest absolute Gasteiger partial charge is 0.545 e. The van der Waals surface area contributed by atoms with Crippen molar-refractivity contribution in [3.63, 3.8) is 0 Å². The van der Waals surface area contributed by atoms with Crippen LogP contribution >= 0.6 is 0 Å². The van der Waals surface area contributed by atoms with Gasteiger partial charge in [-0.1, -0.05) is 11.6 Å². The summed E-state index contributed by atoms with van der Waals surface area (Å²) in [5.74, 6) is -1.36. The summed E-state index contributed by atoms with van der Waals surface area (Å²) in [4.78, 5) is 20.1. The molecule has 0 heterocycles. The maximum Gasteiger partial charge on any atom is 0.150 e. The van der Waals surface area contributed by atoms with Gasteiger partial charge in [-0.15, -0.1) is 0 Å². The summed E-state index contributed by atoms with van der Waals surface area (Å²) in [7, 11) is 0. The quantitative estimate of drug-likeness (QED) is 0.321. The number of hydrogen-bond donors (Lipinski definition) is 0. The Balaban J connectivity index is 4.54. The van der Waals surface area contributed by atoms with E-state index in [2.05, 4.69) is 0 Å². The summed E-state index contributed by atoms with van der Waals surface area (Å²) in [6.07, 6.45) is 2.71. The molecular formula is C8H9O3-. The number of aliphatic carboxylic acids is 1. The third kappa shape index (κ3) is 5.08. The van der Waals surface area contributed by atoms with Crippen LogP contribution in [0.4, 0.5) is 0 Å². The van der Waals surface area contributed by atoms with Crippen molar-refractivity contribution >= 4 is 12.3 Å². The van der Waals surface area contributed by atoms with E-state index >= 15 is 0 Å². The smallest absolute Gasteiger partial charge is 0.150 e. The number of allylic oxidation sites excluding steroid dienone is 3. The first-order chi connectivity index (χ1) is 5.06. The molecule has 0 saturated heterocycles. The molecule has 0 aliphatic rings. The van der Waals surface area contributed by atoms with E-state index in [9.17, 15) is 14.7 Å². The van der Waals surface area contributed by atoms with Crippen LogP contribution in [0, 0.1) is 0 Å². The number of carboxylic acid groups (broad SMARTS) is 1. The summed E-state index contributed by atoms with van der Waals surface area (Å²) < 4.78 is 0. The molecule has 0 aliphatic carbocycles. The number of carbonyl (C=O) groups is 2. The van der Waals surface area contributed by atoms with Crippen LogP contribution in [-0.2, 0) is 9.59 Å². The van der Waals surface area contributed by atoms with Crippen LogP contribution in [-0.4, -0.2) is 12.3 Å². The minimum absolute atomic E-state index is 0.116. The van der Waals surface area contributed by atoms with Gasteiger partial charge < -0.3 is 9.90 Å². The van der Waals surface area contributed by atoms with Crippen molar-refractivity contribution in [1.82, 2.24) is 0 Å². The van der Waals surface area contributed by atoms with Gasteiger partial charge in [0.2, 0.25) is 0 Å². The van der Waals surface area contributed by atoms with Crippen LogP contribution in [0.15, 0.2) is 23.3 Å². The fourth-order valence-corrected chi connectivity index (χ4v) is 0.579. The molecule has 0 atom stereocenters. The summed E-state index contributed by atoms with van der Waals surface area (Å²) in [6, 6.07) is 0. The van der Waals surface area contributed by atoms with Crippen LogP contribution in [0.25, 0.3) is 0 Å². The van der Waals surface area contributed by atoms with Crippen LogP contribution in [0.2, 0.25) is 0 Å². The number of hydrogen-bond acceptors (Lipinski definition) is 3. The first-order valence-electron chi connectivity index (χ1n) is 3.09. The van der Waals surface area contributed by atoms with Crippen LogP contribution in [0.1, 0.15) is 13.8 Å². The van der Waals surface area contributed by atoms with E-state index in [0.29, 0.717) is 6.29 Å². The van der Waals surface area contributed by atoms with Gasteiger partial charge in [0, 0.05) is 5.57 Å². The highest BCUT2D eigenvalue weighted by Crippen LogP contribution is 1.97. The number of carbonyl (C=O) groups excluding carboxylic acids is 2. The lowest BCUT2D eigenvalue weighted by molar-refractivity contribution is -0.297. The molecule has 0 aromatic heterocycles. The van der Waals surface area contributed by atoms with E-state index in [1.807, 2.05) is 0 Å². The fourth-order valence-electron chi connectivity index (χ4n) is 0.579. The van der Waals surface area contributed by atoms with Gasteiger partial charge in [0.25, 0.3) is 0 Å². The SMILES string of the molecule is CC(C)=C/C(C=O)=C/C(=O)[O-]. The molecule has 0 spiro atoms. The minimum Gasteiger partial charge on any atom is -0.545 e.